The van der Waals surface area contributed by atoms with Crippen molar-refractivity contribution in [3.05, 3.63) is 28.8 Å². The van der Waals surface area contributed by atoms with E-state index in [0.29, 0.717) is 19.0 Å². The van der Waals surface area contributed by atoms with E-state index >= 15 is 0 Å². The molecule has 1 heterocycles. The largest absolute Gasteiger partial charge is 0.327 e. The highest BCUT2D eigenvalue weighted by Gasteiger charge is 2.45. The minimum Gasteiger partial charge on any atom is -0.327 e. The maximum absolute atomic E-state index is 12.7. The summed E-state index contributed by atoms with van der Waals surface area (Å²) in [5, 5.41) is 9.02. The van der Waals surface area contributed by atoms with Crippen molar-refractivity contribution < 1.29 is 8.42 Å². The van der Waals surface area contributed by atoms with Crippen LogP contribution < -0.4 is 5.73 Å². The fraction of sp³-hybridized carbons (Fsp3) is 0.500. The van der Waals surface area contributed by atoms with Crippen molar-refractivity contribution in [1.29, 1.82) is 5.26 Å². The molecule has 2 N–H and O–H groups in total. The molecule has 0 spiro atoms. The molecule has 3 unspecified atom stereocenters. The fourth-order valence-electron chi connectivity index (χ4n) is 3.36. The summed E-state index contributed by atoms with van der Waals surface area (Å²) >= 11 is 5.94. The van der Waals surface area contributed by atoms with Crippen molar-refractivity contribution in [2.24, 2.45) is 17.6 Å². The molecule has 2 aliphatic rings. The second-order valence-electron chi connectivity index (χ2n) is 5.74. The normalized spacial score (nSPS) is 28.0. The van der Waals surface area contributed by atoms with Crippen LogP contribution in [-0.4, -0.2) is 31.9 Å². The number of nitrogens with zero attached hydrogens (tertiary/aromatic N) is 2. The molecule has 2 fully saturated rings. The van der Waals surface area contributed by atoms with Crippen LogP contribution in [0.15, 0.2) is 23.1 Å². The molecule has 1 saturated heterocycles. The van der Waals surface area contributed by atoms with Gasteiger partial charge in [0.05, 0.1) is 15.5 Å². The van der Waals surface area contributed by atoms with E-state index in [1.165, 1.54) is 22.5 Å². The number of benzene rings is 1. The molecule has 1 aromatic carbocycles. The van der Waals surface area contributed by atoms with E-state index in [9.17, 15) is 8.42 Å². The summed E-state index contributed by atoms with van der Waals surface area (Å²) in [6.07, 6.45) is 1.97. The van der Waals surface area contributed by atoms with Crippen molar-refractivity contribution >= 4 is 34.0 Å². The van der Waals surface area contributed by atoms with Gasteiger partial charge in [-0.25, -0.2) is 8.42 Å². The number of nitrogens with two attached hydrogens (primary N) is 1. The SMILES string of the molecule is Cl.N#Cc1ccc(S(=O)(=O)N2CC3CCC(N)C3C2)cc1Cl. The third kappa shape index (κ3) is 2.84. The highest BCUT2D eigenvalue weighted by molar-refractivity contribution is 7.89. The molecule has 1 aliphatic heterocycles. The van der Waals surface area contributed by atoms with Gasteiger partial charge in [-0.15, -0.1) is 12.4 Å². The second kappa shape index (κ2) is 6.34. The van der Waals surface area contributed by atoms with E-state index in [0.717, 1.165) is 12.8 Å². The van der Waals surface area contributed by atoms with Crippen LogP contribution in [0.5, 0.6) is 0 Å². The van der Waals surface area contributed by atoms with Crippen molar-refractivity contribution in [2.75, 3.05) is 13.1 Å². The molecule has 0 aromatic heterocycles. The quantitative estimate of drug-likeness (QED) is 0.872. The Morgan fingerprint density at radius 2 is 2.05 bits per heavy atom. The van der Waals surface area contributed by atoms with Crippen LogP contribution >= 0.6 is 24.0 Å². The summed E-state index contributed by atoms with van der Waals surface area (Å²) in [5.74, 6) is 0.622. The Bertz CT molecular complexity index is 717. The molecule has 8 heteroatoms. The molecule has 0 bridgehead atoms. The monoisotopic (exact) mass is 361 g/mol. The minimum atomic E-state index is -3.57. The van der Waals surface area contributed by atoms with Gasteiger partial charge in [0.15, 0.2) is 0 Å². The van der Waals surface area contributed by atoms with Gasteiger partial charge in [0.1, 0.15) is 6.07 Å². The van der Waals surface area contributed by atoms with Crippen molar-refractivity contribution in [1.82, 2.24) is 4.31 Å². The van der Waals surface area contributed by atoms with Crippen LogP contribution in [0.25, 0.3) is 0 Å². The van der Waals surface area contributed by atoms with Crippen molar-refractivity contribution in [3.63, 3.8) is 0 Å². The van der Waals surface area contributed by atoms with Gasteiger partial charge in [0.25, 0.3) is 0 Å². The van der Waals surface area contributed by atoms with Gasteiger partial charge >= 0.3 is 0 Å². The molecule has 3 rings (SSSR count). The molecule has 0 radical (unpaired) electrons. The summed E-state index contributed by atoms with van der Waals surface area (Å²) in [5.41, 5.74) is 6.32. The summed E-state index contributed by atoms with van der Waals surface area (Å²) < 4.78 is 26.8. The lowest BCUT2D eigenvalue weighted by Gasteiger charge is -2.18. The number of sulfonamides is 1. The van der Waals surface area contributed by atoms with Crippen molar-refractivity contribution in [3.8, 4) is 6.07 Å². The minimum absolute atomic E-state index is 0. The predicted octanol–water partition coefficient (Wildman–Crippen LogP) is 1.99. The number of hydrogen-bond acceptors (Lipinski definition) is 4. The maximum Gasteiger partial charge on any atom is 0.243 e. The topological polar surface area (TPSA) is 87.2 Å². The highest BCUT2D eigenvalue weighted by atomic mass is 35.5. The van der Waals surface area contributed by atoms with E-state index in [1.807, 2.05) is 6.07 Å². The van der Waals surface area contributed by atoms with Crippen LogP contribution in [-0.2, 0) is 10.0 Å². The predicted molar refractivity (Wildman–Crippen MR) is 86.4 cm³/mol. The number of rotatable bonds is 2. The maximum atomic E-state index is 12.7. The Morgan fingerprint density at radius 1 is 1.32 bits per heavy atom. The molecule has 120 valence electrons. The molecule has 0 amide bonds. The fourth-order valence-corrected chi connectivity index (χ4v) is 5.21. The lowest BCUT2D eigenvalue weighted by Crippen LogP contribution is -2.33. The van der Waals surface area contributed by atoms with Gasteiger partial charge in [-0.3, -0.25) is 0 Å². The Balaban J connectivity index is 0.00000176. The average molecular weight is 362 g/mol. The molecule has 1 aliphatic carbocycles. The van der Waals surface area contributed by atoms with E-state index in [2.05, 4.69) is 0 Å². The smallest absolute Gasteiger partial charge is 0.243 e. The molecule has 5 nitrogen and oxygen atoms in total. The average Bonchev–Trinajstić information content (AvgIpc) is 3.02. The summed E-state index contributed by atoms with van der Waals surface area (Å²) in [6.45, 7) is 1.00. The molecule has 1 aromatic rings. The first-order valence-corrected chi connectivity index (χ1v) is 8.70. The van der Waals surface area contributed by atoms with Crippen LogP contribution in [0, 0.1) is 23.2 Å². The third-order valence-corrected chi connectivity index (χ3v) is 6.72. The highest BCUT2D eigenvalue weighted by Crippen LogP contribution is 2.39. The summed E-state index contributed by atoms with van der Waals surface area (Å²) in [6, 6.07) is 6.25. The first-order valence-electron chi connectivity index (χ1n) is 6.89. The van der Waals surface area contributed by atoms with Gasteiger partial charge in [0.2, 0.25) is 10.0 Å². The van der Waals surface area contributed by atoms with Crippen LogP contribution in [0.4, 0.5) is 0 Å². The van der Waals surface area contributed by atoms with Crippen molar-refractivity contribution in [2.45, 2.75) is 23.8 Å². The first kappa shape index (κ1) is 17.5. The van der Waals surface area contributed by atoms with Gasteiger partial charge in [-0.1, -0.05) is 11.6 Å². The van der Waals surface area contributed by atoms with Gasteiger partial charge < -0.3 is 5.73 Å². The standard InChI is InChI=1S/C14H16ClN3O2S.ClH/c15-13-5-11(3-1-9(13)6-16)21(19,20)18-7-10-2-4-14(17)12(10)8-18;/h1,3,5,10,12,14H,2,4,7-8,17H2;1H. The summed E-state index contributed by atoms with van der Waals surface area (Å²) in [7, 11) is -3.57. The van der Waals surface area contributed by atoms with Crippen LogP contribution in [0.1, 0.15) is 18.4 Å². The van der Waals surface area contributed by atoms with E-state index < -0.39 is 10.0 Å². The van der Waals surface area contributed by atoms with E-state index in [-0.39, 0.29) is 39.8 Å². The van der Waals surface area contributed by atoms with Crippen LogP contribution in [0.2, 0.25) is 5.02 Å². The Kier molecular flexibility index (Phi) is 5.05. The first-order chi connectivity index (χ1) is 9.93. The van der Waals surface area contributed by atoms with Crippen LogP contribution in [0.3, 0.4) is 0 Å². The number of nitriles is 1. The molecule has 1 saturated carbocycles. The second-order valence-corrected chi connectivity index (χ2v) is 8.09. The summed E-state index contributed by atoms with van der Waals surface area (Å²) in [4.78, 5) is 0.139. The molecule has 3 atom stereocenters. The Hall–Kier alpha value is -0.840. The lowest BCUT2D eigenvalue weighted by molar-refractivity contribution is 0.427. The lowest BCUT2D eigenvalue weighted by atomic mass is 9.98. The molecule has 22 heavy (non-hydrogen) atoms. The number of fused-ring (bicyclic) bond motifs is 1. The number of halogens is 2. The number of hydrogen-bond donors (Lipinski definition) is 1. The Labute approximate surface area is 141 Å². The van der Waals surface area contributed by atoms with E-state index in [4.69, 9.17) is 22.6 Å². The van der Waals surface area contributed by atoms with Gasteiger partial charge in [-0.05, 0) is 42.9 Å². The zero-order valence-electron chi connectivity index (χ0n) is 11.8. The molecular formula is C14H17Cl2N3O2S. The molecular weight excluding hydrogens is 345 g/mol. The zero-order valence-corrected chi connectivity index (χ0v) is 14.2. The van der Waals surface area contributed by atoms with E-state index in [1.54, 1.807) is 0 Å². The Morgan fingerprint density at radius 3 is 2.64 bits per heavy atom. The third-order valence-electron chi connectivity index (χ3n) is 4.58. The zero-order chi connectivity index (χ0) is 15.2. The van der Waals surface area contributed by atoms with Gasteiger partial charge in [0, 0.05) is 19.1 Å². The van der Waals surface area contributed by atoms with Gasteiger partial charge in [-0.2, -0.15) is 9.57 Å².